The molecule has 0 spiro atoms. The highest BCUT2D eigenvalue weighted by atomic mass is 32.1. The van der Waals surface area contributed by atoms with E-state index in [1.54, 1.807) is 6.07 Å². The Morgan fingerprint density at radius 3 is 2.33 bits per heavy atom. The van der Waals surface area contributed by atoms with Crippen molar-refractivity contribution in [2.75, 3.05) is 13.1 Å². The van der Waals surface area contributed by atoms with Crippen molar-refractivity contribution in [2.45, 2.75) is 24.8 Å². The summed E-state index contributed by atoms with van der Waals surface area (Å²) in [5.74, 6) is 1.29. The van der Waals surface area contributed by atoms with Gasteiger partial charge in [-0.2, -0.15) is 0 Å². The van der Waals surface area contributed by atoms with Gasteiger partial charge in [0.25, 0.3) is 5.56 Å². The lowest BCUT2D eigenvalue weighted by molar-refractivity contribution is -0.120. The minimum atomic E-state index is -0.493. The lowest BCUT2D eigenvalue weighted by Crippen LogP contribution is -2.53. The number of aromatic nitrogens is 1. The molecule has 33 heavy (non-hydrogen) atoms. The fourth-order valence-electron chi connectivity index (χ4n) is 5.51. The highest BCUT2D eigenvalue weighted by Crippen LogP contribution is 2.44. The van der Waals surface area contributed by atoms with Crippen molar-refractivity contribution < 1.29 is 9.53 Å². The maximum absolute atomic E-state index is 13.5. The number of para-hydroxylation sites is 2. The van der Waals surface area contributed by atoms with E-state index >= 15 is 0 Å². The SMILES string of the molecule is O=C(NC(=S)N1C[C@H]2C[C@@H](C1)c1cccc(=O)n1C2)C1c2ccccc2Oc2ccccc21. The van der Waals surface area contributed by atoms with E-state index in [1.165, 1.54) is 0 Å². The summed E-state index contributed by atoms with van der Waals surface area (Å²) < 4.78 is 7.92. The predicted molar refractivity (Wildman–Crippen MR) is 129 cm³/mol. The summed E-state index contributed by atoms with van der Waals surface area (Å²) in [6.07, 6.45) is 1.04. The molecule has 2 bridgehead atoms. The van der Waals surface area contributed by atoms with Gasteiger partial charge in [-0.3, -0.25) is 9.59 Å². The van der Waals surface area contributed by atoms with E-state index in [-0.39, 0.29) is 17.4 Å². The number of benzene rings is 2. The Labute approximate surface area is 196 Å². The van der Waals surface area contributed by atoms with E-state index in [9.17, 15) is 9.59 Å². The second kappa shape index (κ2) is 7.85. The molecule has 1 N–H and O–H groups in total. The molecule has 0 radical (unpaired) electrons. The van der Waals surface area contributed by atoms with Crippen LogP contribution in [0.2, 0.25) is 0 Å². The molecule has 166 valence electrons. The van der Waals surface area contributed by atoms with Crippen LogP contribution in [-0.4, -0.2) is 33.6 Å². The number of thiocarbonyl (C=S) groups is 1. The Balaban J connectivity index is 1.25. The van der Waals surface area contributed by atoms with Crippen molar-refractivity contribution in [3.63, 3.8) is 0 Å². The van der Waals surface area contributed by atoms with Crippen LogP contribution in [0.1, 0.15) is 35.1 Å². The van der Waals surface area contributed by atoms with Gasteiger partial charge < -0.3 is 19.5 Å². The van der Waals surface area contributed by atoms with Gasteiger partial charge in [0.2, 0.25) is 5.91 Å². The highest BCUT2D eigenvalue weighted by molar-refractivity contribution is 7.80. The maximum atomic E-state index is 13.5. The normalized spacial score (nSPS) is 20.7. The zero-order chi connectivity index (χ0) is 22.5. The van der Waals surface area contributed by atoms with Crippen LogP contribution >= 0.6 is 12.2 Å². The first-order chi connectivity index (χ1) is 16.1. The number of fused-ring (bicyclic) bond motifs is 6. The average molecular weight is 458 g/mol. The Morgan fingerprint density at radius 1 is 0.909 bits per heavy atom. The van der Waals surface area contributed by atoms with Gasteiger partial charge in [0.05, 0.1) is 5.92 Å². The molecule has 0 aliphatic carbocycles. The second-order valence-electron chi connectivity index (χ2n) is 9.01. The van der Waals surface area contributed by atoms with Gasteiger partial charge >= 0.3 is 0 Å². The summed E-state index contributed by atoms with van der Waals surface area (Å²) in [7, 11) is 0. The fourth-order valence-corrected chi connectivity index (χ4v) is 5.76. The molecule has 2 aromatic carbocycles. The van der Waals surface area contributed by atoms with Gasteiger partial charge in [0.15, 0.2) is 5.11 Å². The quantitative estimate of drug-likeness (QED) is 0.566. The van der Waals surface area contributed by atoms with Crippen LogP contribution in [0.15, 0.2) is 71.5 Å². The van der Waals surface area contributed by atoms with Gasteiger partial charge in [-0.25, -0.2) is 0 Å². The van der Waals surface area contributed by atoms with Crippen LogP contribution in [0.5, 0.6) is 11.5 Å². The number of carbonyl (C=O) groups is 1. The number of amides is 1. The third-order valence-corrected chi connectivity index (χ3v) is 7.30. The minimum Gasteiger partial charge on any atom is -0.457 e. The zero-order valence-corrected chi connectivity index (χ0v) is 18.8. The zero-order valence-electron chi connectivity index (χ0n) is 17.9. The standard InChI is InChI=1S/C26H23N3O3S/c30-23-11-5-8-20-17-12-16(14-29(20)23)13-28(15-17)26(33)27-25(31)24-18-6-1-3-9-21(18)32-22-10-4-2-7-19(22)24/h1-11,16-17,24H,12-15H2,(H,27,31,33)/t16-,17+/m1/s1. The molecule has 1 fully saturated rings. The molecule has 6 rings (SSSR count). The molecule has 3 aromatic rings. The molecule has 0 unspecified atom stereocenters. The first-order valence-corrected chi connectivity index (χ1v) is 11.6. The molecule has 1 amide bonds. The summed E-state index contributed by atoms with van der Waals surface area (Å²) in [6.45, 7) is 2.12. The minimum absolute atomic E-state index is 0.0587. The number of hydrogen-bond donors (Lipinski definition) is 1. The van der Waals surface area contributed by atoms with Crippen LogP contribution in [0, 0.1) is 5.92 Å². The summed E-state index contributed by atoms with van der Waals surface area (Å²) in [6, 6.07) is 20.7. The van der Waals surface area contributed by atoms with E-state index in [1.807, 2.05) is 65.2 Å². The monoisotopic (exact) mass is 457 g/mol. The second-order valence-corrected chi connectivity index (χ2v) is 9.39. The Kier molecular flexibility index (Phi) is 4.80. The summed E-state index contributed by atoms with van der Waals surface area (Å²) in [5, 5.41) is 3.47. The Hall–Kier alpha value is -3.45. The third kappa shape index (κ3) is 3.43. The molecule has 7 heteroatoms. The number of nitrogens with one attached hydrogen (secondary N) is 1. The highest BCUT2D eigenvalue weighted by Gasteiger charge is 2.37. The topological polar surface area (TPSA) is 63.6 Å². The predicted octanol–water partition coefficient (Wildman–Crippen LogP) is 3.61. The van der Waals surface area contributed by atoms with E-state index < -0.39 is 5.92 Å². The summed E-state index contributed by atoms with van der Waals surface area (Å²) in [5.41, 5.74) is 2.79. The molecular formula is C26H23N3O3S. The largest absolute Gasteiger partial charge is 0.457 e. The lowest BCUT2D eigenvalue weighted by Gasteiger charge is -2.43. The molecule has 1 aromatic heterocycles. The van der Waals surface area contributed by atoms with Gasteiger partial charge in [0, 0.05) is 48.4 Å². The molecule has 3 aliphatic rings. The molecule has 6 nitrogen and oxygen atoms in total. The maximum Gasteiger partial charge on any atom is 0.250 e. The van der Waals surface area contributed by atoms with Crippen molar-refractivity contribution in [3.8, 4) is 11.5 Å². The average Bonchev–Trinajstić information content (AvgIpc) is 2.83. The third-order valence-electron chi connectivity index (χ3n) is 6.94. The number of pyridine rings is 1. The molecule has 0 saturated carbocycles. The Morgan fingerprint density at radius 2 is 1.61 bits per heavy atom. The summed E-state index contributed by atoms with van der Waals surface area (Å²) >= 11 is 5.71. The van der Waals surface area contributed by atoms with E-state index in [0.717, 1.165) is 29.8 Å². The smallest absolute Gasteiger partial charge is 0.250 e. The first-order valence-electron chi connectivity index (χ1n) is 11.2. The molecule has 3 aliphatic heterocycles. The molecule has 2 atom stereocenters. The van der Waals surface area contributed by atoms with E-state index in [0.29, 0.717) is 35.6 Å². The molecule has 1 saturated heterocycles. The number of likely N-dealkylation sites (tertiary alicyclic amines) is 1. The van der Waals surface area contributed by atoms with Crippen molar-refractivity contribution in [1.29, 1.82) is 0 Å². The van der Waals surface area contributed by atoms with Crippen molar-refractivity contribution >= 4 is 23.2 Å². The van der Waals surface area contributed by atoms with Crippen molar-refractivity contribution in [3.05, 3.63) is 93.9 Å². The van der Waals surface area contributed by atoms with Gasteiger partial charge in [0.1, 0.15) is 11.5 Å². The lowest BCUT2D eigenvalue weighted by atomic mass is 9.83. The number of carbonyl (C=O) groups excluding carboxylic acids is 1. The van der Waals surface area contributed by atoms with Crippen molar-refractivity contribution in [2.24, 2.45) is 5.92 Å². The van der Waals surface area contributed by atoms with Crippen LogP contribution in [-0.2, 0) is 11.3 Å². The van der Waals surface area contributed by atoms with Crippen LogP contribution in [0.4, 0.5) is 0 Å². The number of rotatable bonds is 1. The molecule has 4 heterocycles. The van der Waals surface area contributed by atoms with Crippen LogP contribution in [0.25, 0.3) is 0 Å². The number of piperidine rings is 1. The summed E-state index contributed by atoms with van der Waals surface area (Å²) in [4.78, 5) is 27.9. The van der Waals surface area contributed by atoms with Gasteiger partial charge in [-0.1, -0.05) is 42.5 Å². The van der Waals surface area contributed by atoms with E-state index in [2.05, 4.69) is 10.2 Å². The first kappa shape index (κ1) is 20.2. The fraction of sp³-hybridized carbons (Fsp3) is 0.269. The Bertz CT molecular complexity index is 1290. The van der Waals surface area contributed by atoms with E-state index in [4.69, 9.17) is 17.0 Å². The number of hydrogen-bond acceptors (Lipinski definition) is 4. The van der Waals surface area contributed by atoms with Crippen molar-refractivity contribution in [1.82, 2.24) is 14.8 Å². The van der Waals surface area contributed by atoms with Gasteiger partial charge in [-0.15, -0.1) is 0 Å². The molecular weight excluding hydrogens is 434 g/mol. The van der Waals surface area contributed by atoms with Crippen LogP contribution in [0.3, 0.4) is 0 Å². The van der Waals surface area contributed by atoms with Gasteiger partial charge in [-0.05, 0) is 42.8 Å². The number of nitrogens with zero attached hydrogens (tertiary/aromatic N) is 2. The van der Waals surface area contributed by atoms with Crippen LogP contribution < -0.4 is 15.6 Å². The number of ether oxygens (including phenoxy) is 1.